The molecule has 0 aromatic carbocycles. The fourth-order valence-corrected chi connectivity index (χ4v) is 0.800. The lowest BCUT2D eigenvalue weighted by Gasteiger charge is -2.06. The predicted octanol–water partition coefficient (Wildman–Crippen LogP) is 0.186. The first-order valence-electron chi connectivity index (χ1n) is 3.96. The molecule has 1 amide bonds. The van der Waals surface area contributed by atoms with E-state index in [2.05, 4.69) is 10.3 Å². The number of carbonyl (C=O) groups excluding carboxylic acids is 1. The number of carboxylic acids is 1. The van der Waals surface area contributed by atoms with Crippen LogP contribution in [0.15, 0.2) is 10.7 Å². The maximum atomic E-state index is 11.3. The van der Waals surface area contributed by atoms with Gasteiger partial charge in [0.25, 0.3) is 5.91 Å². The third-order valence-electron chi connectivity index (χ3n) is 1.57. The van der Waals surface area contributed by atoms with Crippen LogP contribution in [0.5, 0.6) is 0 Å². The summed E-state index contributed by atoms with van der Waals surface area (Å²) in [7, 11) is 0. The Balaban J connectivity index is 2.63. The van der Waals surface area contributed by atoms with Gasteiger partial charge in [-0.05, 0) is 6.92 Å². The molecule has 14 heavy (non-hydrogen) atoms. The summed E-state index contributed by atoms with van der Waals surface area (Å²) >= 11 is 0. The van der Waals surface area contributed by atoms with Crippen LogP contribution in [0.3, 0.4) is 0 Å². The molecule has 0 saturated heterocycles. The molecule has 0 aliphatic rings. The third-order valence-corrected chi connectivity index (χ3v) is 1.57. The summed E-state index contributed by atoms with van der Waals surface area (Å²) in [6.07, 6.45) is 1.18. The van der Waals surface area contributed by atoms with Gasteiger partial charge in [0.1, 0.15) is 12.3 Å². The predicted molar refractivity (Wildman–Crippen MR) is 45.8 cm³/mol. The first-order valence-corrected chi connectivity index (χ1v) is 3.96. The van der Waals surface area contributed by atoms with Gasteiger partial charge in [0.05, 0.1) is 0 Å². The molecule has 0 unspecified atom stereocenters. The summed E-state index contributed by atoms with van der Waals surface area (Å²) in [6.45, 7) is 2.96. The zero-order chi connectivity index (χ0) is 10.7. The fraction of sp³-hybridized carbons (Fsp3) is 0.375. The van der Waals surface area contributed by atoms with Crippen LogP contribution in [0.25, 0.3) is 0 Å². The van der Waals surface area contributed by atoms with Crippen LogP contribution in [0.4, 0.5) is 0 Å². The molecule has 2 N–H and O–H groups in total. The monoisotopic (exact) mass is 198 g/mol. The maximum absolute atomic E-state index is 11.3. The van der Waals surface area contributed by atoms with Crippen LogP contribution in [-0.2, 0) is 4.79 Å². The number of rotatable bonds is 3. The minimum Gasteiger partial charge on any atom is -0.480 e. The van der Waals surface area contributed by atoms with E-state index in [9.17, 15) is 9.59 Å². The van der Waals surface area contributed by atoms with Crippen molar-refractivity contribution in [3.05, 3.63) is 17.8 Å². The highest BCUT2D eigenvalue weighted by atomic mass is 16.4. The zero-order valence-electron chi connectivity index (χ0n) is 7.77. The molecular weight excluding hydrogens is 188 g/mol. The Morgan fingerprint density at radius 2 is 2.29 bits per heavy atom. The van der Waals surface area contributed by atoms with Crippen molar-refractivity contribution in [2.24, 2.45) is 0 Å². The number of aromatic nitrogens is 1. The largest absolute Gasteiger partial charge is 0.480 e. The van der Waals surface area contributed by atoms with Crippen molar-refractivity contribution in [3.63, 3.8) is 0 Å². The summed E-state index contributed by atoms with van der Waals surface area (Å²) in [6, 6.07) is -0.945. The Hall–Kier alpha value is -1.85. The lowest BCUT2D eigenvalue weighted by Crippen LogP contribution is -2.38. The van der Waals surface area contributed by atoms with E-state index in [0.717, 1.165) is 0 Å². The lowest BCUT2D eigenvalue weighted by atomic mass is 10.3. The second-order valence-corrected chi connectivity index (χ2v) is 2.79. The summed E-state index contributed by atoms with van der Waals surface area (Å²) in [5, 5.41) is 10.8. The first-order chi connectivity index (χ1) is 6.50. The quantitative estimate of drug-likeness (QED) is 0.723. The van der Waals surface area contributed by atoms with Gasteiger partial charge in [0.2, 0.25) is 0 Å². The normalized spacial score (nSPS) is 12.1. The summed E-state index contributed by atoms with van der Waals surface area (Å²) in [5.74, 6) is -1.30. The number of carbonyl (C=O) groups is 2. The highest BCUT2D eigenvalue weighted by molar-refractivity contribution is 5.94. The van der Waals surface area contributed by atoms with E-state index < -0.39 is 17.9 Å². The molecule has 0 radical (unpaired) electrons. The Kier molecular flexibility index (Phi) is 2.85. The van der Waals surface area contributed by atoms with Gasteiger partial charge in [-0.15, -0.1) is 0 Å². The van der Waals surface area contributed by atoms with Crippen molar-refractivity contribution in [3.8, 4) is 0 Å². The molecule has 1 aromatic rings. The summed E-state index contributed by atoms with van der Waals surface area (Å²) in [4.78, 5) is 25.4. The van der Waals surface area contributed by atoms with E-state index in [1.165, 1.54) is 13.2 Å². The summed E-state index contributed by atoms with van der Waals surface area (Å²) in [5.41, 5.74) is 0.0793. The maximum Gasteiger partial charge on any atom is 0.325 e. The van der Waals surface area contributed by atoms with Crippen LogP contribution < -0.4 is 5.32 Å². The molecule has 0 fully saturated rings. The Morgan fingerprint density at radius 1 is 1.64 bits per heavy atom. The fourth-order valence-electron chi connectivity index (χ4n) is 0.800. The number of oxazole rings is 1. The van der Waals surface area contributed by atoms with Crippen molar-refractivity contribution >= 4 is 11.9 Å². The van der Waals surface area contributed by atoms with Gasteiger partial charge in [0, 0.05) is 6.92 Å². The molecule has 0 aliphatic heterocycles. The number of aryl methyl sites for hydroxylation is 1. The van der Waals surface area contributed by atoms with E-state index in [1.807, 2.05) is 0 Å². The minimum absolute atomic E-state index is 0.0793. The highest BCUT2D eigenvalue weighted by Crippen LogP contribution is 2.00. The van der Waals surface area contributed by atoms with E-state index >= 15 is 0 Å². The van der Waals surface area contributed by atoms with Gasteiger partial charge >= 0.3 is 5.97 Å². The topological polar surface area (TPSA) is 92.4 Å². The van der Waals surface area contributed by atoms with Gasteiger partial charge in [-0.3, -0.25) is 9.59 Å². The standard InChI is InChI=1S/C8H10N2O4/c1-4(8(12)13)9-7(11)6-3-14-5(2)10-6/h3-4H,1-2H3,(H,9,11)(H,12,13)/t4-/m0/s1. The van der Waals surface area contributed by atoms with Crippen LogP contribution in [0.1, 0.15) is 23.3 Å². The number of nitrogens with one attached hydrogen (secondary N) is 1. The van der Waals surface area contributed by atoms with Crippen LogP contribution in [-0.4, -0.2) is 28.0 Å². The number of hydrogen-bond donors (Lipinski definition) is 2. The van der Waals surface area contributed by atoms with Crippen molar-refractivity contribution in [1.82, 2.24) is 10.3 Å². The molecule has 6 heteroatoms. The second-order valence-electron chi connectivity index (χ2n) is 2.79. The molecular formula is C8H10N2O4. The average Bonchev–Trinajstić information content (AvgIpc) is 2.51. The molecule has 6 nitrogen and oxygen atoms in total. The van der Waals surface area contributed by atoms with Gasteiger partial charge < -0.3 is 14.8 Å². The SMILES string of the molecule is Cc1nc(C(=O)N[C@@H](C)C(=O)O)co1. The van der Waals surface area contributed by atoms with Gasteiger partial charge in [-0.1, -0.05) is 0 Å². The first kappa shape index (κ1) is 10.2. The van der Waals surface area contributed by atoms with Crippen molar-refractivity contribution in [2.45, 2.75) is 19.9 Å². The number of carboxylic acid groups (broad SMARTS) is 1. The molecule has 1 atom stereocenters. The molecule has 0 bridgehead atoms. The Bertz CT molecular complexity index is 358. The van der Waals surface area contributed by atoms with E-state index in [4.69, 9.17) is 9.52 Å². The third kappa shape index (κ3) is 2.32. The molecule has 1 aromatic heterocycles. The molecule has 0 spiro atoms. The zero-order valence-corrected chi connectivity index (χ0v) is 7.77. The molecule has 1 heterocycles. The smallest absolute Gasteiger partial charge is 0.325 e. The van der Waals surface area contributed by atoms with Crippen molar-refractivity contribution < 1.29 is 19.1 Å². The second kappa shape index (κ2) is 3.91. The average molecular weight is 198 g/mol. The highest BCUT2D eigenvalue weighted by Gasteiger charge is 2.17. The van der Waals surface area contributed by atoms with E-state index in [1.54, 1.807) is 6.92 Å². The summed E-state index contributed by atoms with van der Waals surface area (Å²) < 4.78 is 4.81. The van der Waals surface area contributed by atoms with Crippen molar-refractivity contribution in [2.75, 3.05) is 0 Å². The number of hydrogen-bond acceptors (Lipinski definition) is 4. The lowest BCUT2D eigenvalue weighted by molar-refractivity contribution is -0.138. The van der Waals surface area contributed by atoms with Crippen LogP contribution in [0, 0.1) is 6.92 Å². The van der Waals surface area contributed by atoms with Crippen LogP contribution >= 0.6 is 0 Å². The number of amides is 1. The molecule has 0 aliphatic carbocycles. The van der Waals surface area contributed by atoms with E-state index in [-0.39, 0.29) is 5.69 Å². The van der Waals surface area contributed by atoms with Gasteiger partial charge in [-0.2, -0.15) is 0 Å². The Labute approximate surface area is 79.9 Å². The van der Waals surface area contributed by atoms with E-state index in [0.29, 0.717) is 5.89 Å². The minimum atomic E-state index is -1.10. The van der Waals surface area contributed by atoms with Crippen molar-refractivity contribution in [1.29, 1.82) is 0 Å². The van der Waals surface area contributed by atoms with Gasteiger partial charge in [0.15, 0.2) is 11.6 Å². The molecule has 0 saturated carbocycles. The van der Waals surface area contributed by atoms with Crippen LogP contribution in [0.2, 0.25) is 0 Å². The number of nitrogens with zero attached hydrogens (tertiary/aromatic N) is 1. The molecule has 76 valence electrons. The van der Waals surface area contributed by atoms with Gasteiger partial charge in [-0.25, -0.2) is 4.98 Å². The molecule has 1 rings (SSSR count). The number of aliphatic carboxylic acids is 1. The Morgan fingerprint density at radius 3 is 2.71 bits per heavy atom.